The third-order valence-corrected chi connectivity index (χ3v) is 2.79. The van der Waals surface area contributed by atoms with Crippen LogP contribution in [-0.4, -0.2) is 23.7 Å². The van der Waals surface area contributed by atoms with Gasteiger partial charge in [0.05, 0.1) is 6.10 Å². The molecule has 2 rings (SSSR count). The van der Waals surface area contributed by atoms with Gasteiger partial charge in [-0.25, -0.2) is 4.98 Å². The van der Waals surface area contributed by atoms with Crippen LogP contribution in [0.4, 0.5) is 11.5 Å². The van der Waals surface area contributed by atoms with Gasteiger partial charge in [0.1, 0.15) is 5.82 Å². The van der Waals surface area contributed by atoms with Crippen LogP contribution in [0.15, 0.2) is 48.7 Å². The first-order valence-corrected chi connectivity index (χ1v) is 6.98. The van der Waals surface area contributed by atoms with Gasteiger partial charge in [-0.1, -0.05) is 30.3 Å². The van der Waals surface area contributed by atoms with E-state index in [0.29, 0.717) is 12.2 Å². The molecule has 1 unspecified atom stereocenters. The fourth-order valence-corrected chi connectivity index (χ4v) is 1.78. The predicted octanol–water partition coefficient (Wildman–Crippen LogP) is 3.06. The number of aliphatic hydroxyl groups is 1. The van der Waals surface area contributed by atoms with Crippen molar-refractivity contribution >= 4 is 11.5 Å². The molecule has 4 nitrogen and oxygen atoms in total. The molecular weight excluding hydrogens is 446 g/mol. The molecule has 0 saturated carbocycles. The van der Waals surface area contributed by atoms with Crippen molar-refractivity contribution in [3.05, 3.63) is 60.6 Å². The molecule has 22 heavy (non-hydrogen) atoms. The molecule has 5 heteroatoms. The van der Waals surface area contributed by atoms with Crippen molar-refractivity contribution in [1.82, 2.24) is 4.98 Å². The smallest absolute Gasteiger partial charge is 0.130 e. The molecule has 0 amide bonds. The molecule has 0 radical (unpaired) electrons. The standard InChI is InChI=1S/C14H17N3O.C3H7.W/c1-17(14-9-12(15)7-8-16-14)10-13(18)11-5-3-2-4-6-11;1-3-2;/h2-9,13,18H,10H2,1H3,(H2,15,16);3H,1-2H3;/q;-1;. The molecule has 0 aliphatic heterocycles. The molecule has 1 aromatic carbocycles. The summed E-state index contributed by atoms with van der Waals surface area (Å²) in [5.74, 6) is 0.755. The van der Waals surface area contributed by atoms with Crippen molar-refractivity contribution < 1.29 is 26.2 Å². The van der Waals surface area contributed by atoms with Gasteiger partial charge in [0.25, 0.3) is 0 Å². The first kappa shape index (κ1) is 20.6. The van der Waals surface area contributed by atoms with Crippen LogP contribution in [0.2, 0.25) is 0 Å². The Kier molecular flexibility index (Phi) is 10.5. The molecule has 1 aromatic heterocycles. The first-order valence-electron chi connectivity index (χ1n) is 6.98. The summed E-state index contributed by atoms with van der Waals surface area (Å²) in [6, 6.07) is 13.1. The monoisotopic (exact) mass is 470 g/mol. The number of anilines is 2. The zero-order chi connectivity index (χ0) is 15.7. The van der Waals surface area contributed by atoms with Crippen molar-refractivity contribution in [3.8, 4) is 0 Å². The summed E-state index contributed by atoms with van der Waals surface area (Å²) in [6.07, 6.45) is 3.12. The Labute approximate surface area is 147 Å². The summed E-state index contributed by atoms with van der Waals surface area (Å²) in [7, 11) is 1.88. The Morgan fingerprint density at radius 3 is 2.36 bits per heavy atom. The fraction of sp³-hybridized carbons (Fsp3) is 0.294. The number of nitrogens with two attached hydrogens (primary N) is 1. The predicted molar refractivity (Wildman–Crippen MR) is 89.0 cm³/mol. The van der Waals surface area contributed by atoms with E-state index in [1.54, 1.807) is 18.3 Å². The SMILES string of the molecule is CN(CC(O)c1ccccc1)c1cc(N)ccn1.C[CH-]C.[W]. The second-order valence-electron chi connectivity index (χ2n) is 4.83. The topological polar surface area (TPSA) is 62.4 Å². The Hall–Kier alpha value is -1.38. The van der Waals surface area contributed by atoms with Gasteiger partial charge in [-0.2, -0.15) is 13.8 Å². The van der Waals surface area contributed by atoms with E-state index in [2.05, 4.69) is 4.98 Å². The maximum atomic E-state index is 10.1. The molecule has 1 atom stereocenters. The average molecular weight is 470 g/mol. The normalized spacial score (nSPS) is 10.7. The van der Waals surface area contributed by atoms with Crippen LogP contribution < -0.4 is 10.6 Å². The summed E-state index contributed by atoms with van der Waals surface area (Å²) >= 11 is 0. The molecule has 0 spiro atoms. The minimum atomic E-state index is -0.542. The second kappa shape index (κ2) is 11.2. The number of nitrogens with zero attached hydrogens (tertiary/aromatic N) is 2. The molecule has 1 heterocycles. The summed E-state index contributed by atoms with van der Waals surface area (Å²) in [5, 5.41) is 10.1. The summed E-state index contributed by atoms with van der Waals surface area (Å²) in [5.41, 5.74) is 7.27. The number of aromatic nitrogens is 1. The van der Waals surface area contributed by atoms with Gasteiger partial charge >= 0.3 is 0 Å². The second-order valence-corrected chi connectivity index (χ2v) is 4.83. The zero-order valence-corrected chi connectivity index (χ0v) is 16.2. The summed E-state index contributed by atoms with van der Waals surface area (Å²) in [4.78, 5) is 6.10. The number of rotatable bonds is 4. The number of nitrogen functional groups attached to an aromatic ring is 1. The van der Waals surface area contributed by atoms with Crippen LogP contribution in [0.1, 0.15) is 25.5 Å². The third-order valence-electron chi connectivity index (χ3n) is 2.79. The maximum Gasteiger partial charge on any atom is 0.130 e. The van der Waals surface area contributed by atoms with Crippen molar-refractivity contribution in [2.24, 2.45) is 0 Å². The largest absolute Gasteiger partial charge is 0.399 e. The van der Waals surface area contributed by atoms with E-state index in [4.69, 9.17) is 5.73 Å². The van der Waals surface area contributed by atoms with Crippen LogP contribution in [0.3, 0.4) is 0 Å². The molecule has 0 fully saturated rings. The van der Waals surface area contributed by atoms with Crippen molar-refractivity contribution in [1.29, 1.82) is 0 Å². The zero-order valence-electron chi connectivity index (χ0n) is 13.3. The van der Waals surface area contributed by atoms with Crippen LogP contribution in [0, 0.1) is 6.42 Å². The molecule has 0 aliphatic rings. The van der Waals surface area contributed by atoms with Crippen LogP contribution in [0.5, 0.6) is 0 Å². The molecule has 2 aromatic rings. The summed E-state index contributed by atoms with van der Waals surface area (Å²) < 4.78 is 0. The van der Waals surface area contributed by atoms with Gasteiger partial charge in [0.2, 0.25) is 0 Å². The van der Waals surface area contributed by atoms with Crippen LogP contribution in [0.25, 0.3) is 0 Å². The number of aliphatic hydroxyl groups excluding tert-OH is 1. The fourth-order valence-electron chi connectivity index (χ4n) is 1.78. The van der Waals surface area contributed by atoms with Crippen LogP contribution in [-0.2, 0) is 21.1 Å². The molecule has 0 bridgehead atoms. The van der Waals surface area contributed by atoms with E-state index in [1.165, 1.54) is 0 Å². The van der Waals surface area contributed by atoms with Gasteiger partial charge in [0, 0.05) is 52.6 Å². The van der Waals surface area contributed by atoms with Crippen molar-refractivity contribution in [2.45, 2.75) is 20.0 Å². The van der Waals surface area contributed by atoms with Crippen molar-refractivity contribution in [2.75, 3.05) is 24.2 Å². The number of likely N-dealkylation sites (N-methyl/N-ethyl adjacent to an activating group) is 1. The number of benzene rings is 1. The Morgan fingerprint density at radius 2 is 1.82 bits per heavy atom. The number of hydrogen-bond acceptors (Lipinski definition) is 4. The van der Waals surface area contributed by atoms with E-state index < -0.39 is 6.10 Å². The van der Waals surface area contributed by atoms with Gasteiger partial charge in [-0.3, -0.25) is 0 Å². The Morgan fingerprint density at radius 1 is 1.23 bits per heavy atom. The van der Waals surface area contributed by atoms with E-state index >= 15 is 0 Å². The summed E-state index contributed by atoms with van der Waals surface area (Å²) in [6.45, 7) is 4.47. The van der Waals surface area contributed by atoms with Gasteiger partial charge in [-0.05, 0) is 11.6 Å². The van der Waals surface area contributed by atoms with Gasteiger partial charge in [-0.15, -0.1) is 0 Å². The number of pyridine rings is 1. The molecule has 0 saturated heterocycles. The molecular formula is C17H24N3OW-. The quantitative estimate of drug-likeness (QED) is 0.675. The third kappa shape index (κ3) is 7.06. The van der Waals surface area contributed by atoms with Crippen molar-refractivity contribution in [3.63, 3.8) is 0 Å². The number of hydrogen-bond donors (Lipinski definition) is 2. The maximum absolute atomic E-state index is 10.1. The minimum absolute atomic E-state index is 0. The van der Waals surface area contributed by atoms with Gasteiger partial charge < -0.3 is 22.2 Å². The Bertz CT molecular complexity index is 522. The average Bonchev–Trinajstić information content (AvgIpc) is 2.49. The molecule has 120 valence electrons. The molecule has 0 aliphatic carbocycles. The van der Waals surface area contributed by atoms with Gasteiger partial charge in [0.15, 0.2) is 0 Å². The Balaban J connectivity index is 0.00000102. The van der Waals surface area contributed by atoms with E-state index in [9.17, 15) is 5.11 Å². The van der Waals surface area contributed by atoms with E-state index in [0.717, 1.165) is 11.4 Å². The first-order chi connectivity index (χ1) is 10.1. The van der Waals surface area contributed by atoms with E-state index in [1.807, 2.05) is 62.5 Å². The van der Waals surface area contributed by atoms with E-state index in [-0.39, 0.29) is 21.1 Å². The minimum Gasteiger partial charge on any atom is -0.399 e. The van der Waals surface area contributed by atoms with Crippen LogP contribution >= 0.6 is 0 Å². The molecule has 3 N–H and O–H groups in total.